The van der Waals surface area contributed by atoms with Crippen LogP contribution < -0.4 is 20.7 Å². The van der Waals surface area contributed by atoms with Gasteiger partial charge in [-0.25, -0.2) is 4.39 Å². The summed E-state index contributed by atoms with van der Waals surface area (Å²) in [5, 5.41) is 9.93. The molecule has 0 radical (unpaired) electrons. The van der Waals surface area contributed by atoms with Crippen molar-refractivity contribution < 1.29 is 9.13 Å². The van der Waals surface area contributed by atoms with E-state index in [1.807, 2.05) is 0 Å². The molecule has 1 saturated heterocycles. The fraction of sp³-hybridized carbons (Fsp3) is 0.625. The summed E-state index contributed by atoms with van der Waals surface area (Å²) in [6, 6.07) is 5.19. The number of benzene rings is 1. The Hall–Kier alpha value is -2.20. The molecule has 1 atom stereocenters. The third kappa shape index (κ3) is 7.15. The standard InChI is InChI=1S/C24H36FN7O.BrH/c1-3-32-13-7-10-19(32)16-27-23-29-22(26-15-17-8-5-4-6-9-17)30-24(31-23)28-18-11-12-21(33-2)20(25)14-18;/h11-12,14,17,19H,3-10,13,15-16H2,1-2H3,(H3,26,27,28,29,30,31);1H. The van der Waals surface area contributed by atoms with Crippen molar-refractivity contribution in [3.8, 4) is 5.75 Å². The van der Waals surface area contributed by atoms with E-state index in [-0.39, 0.29) is 22.7 Å². The van der Waals surface area contributed by atoms with E-state index < -0.39 is 5.82 Å². The van der Waals surface area contributed by atoms with Gasteiger partial charge in [0.1, 0.15) is 0 Å². The molecule has 1 unspecified atom stereocenters. The van der Waals surface area contributed by atoms with Gasteiger partial charge >= 0.3 is 0 Å². The van der Waals surface area contributed by atoms with E-state index in [1.165, 1.54) is 58.1 Å². The van der Waals surface area contributed by atoms with E-state index in [1.54, 1.807) is 12.1 Å². The Morgan fingerprint density at radius 1 is 0.971 bits per heavy atom. The number of nitrogens with one attached hydrogen (secondary N) is 3. The van der Waals surface area contributed by atoms with Crippen LogP contribution in [0.15, 0.2) is 18.2 Å². The molecule has 2 fully saturated rings. The maximum absolute atomic E-state index is 14.2. The average Bonchev–Trinajstić information content (AvgIpc) is 3.30. The average molecular weight is 539 g/mol. The molecule has 4 rings (SSSR count). The predicted molar refractivity (Wildman–Crippen MR) is 140 cm³/mol. The summed E-state index contributed by atoms with van der Waals surface area (Å²) < 4.78 is 19.2. The van der Waals surface area contributed by atoms with Gasteiger partial charge in [0.2, 0.25) is 17.8 Å². The van der Waals surface area contributed by atoms with Crippen LogP contribution in [0, 0.1) is 11.7 Å². The minimum Gasteiger partial charge on any atom is -0.494 e. The van der Waals surface area contributed by atoms with Gasteiger partial charge in [-0.3, -0.25) is 4.90 Å². The number of methoxy groups -OCH3 is 1. The molecular weight excluding hydrogens is 501 g/mol. The molecule has 3 N–H and O–H groups in total. The van der Waals surface area contributed by atoms with Crippen LogP contribution in [0.2, 0.25) is 0 Å². The SMILES string of the molecule is Br.CCN1CCCC1CNc1nc(NCC2CCCCC2)nc(Nc2ccc(OC)c(F)c2)n1. The molecule has 34 heavy (non-hydrogen) atoms. The Kier molecular flexibility index (Phi) is 10.1. The lowest BCUT2D eigenvalue weighted by Gasteiger charge is -2.23. The number of anilines is 4. The molecule has 0 spiro atoms. The first-order valence-corrected chi connectivity index (χ1v) is 12.2. The van der Waals surface area contributed by atoms with Gasteiger partial charge in [-0.1, -0.05) is 26.2 Å². The maximum Gasteiger partial charge on any atom is 0.233 e. The zero-order chi connectivity index (χ0) is 23.0. The van der Waals surface area contributed by atoms with Crippen molar-refractivity contribution in [1.82, 2.24) is 19.9 Å². The number of likely N-dealkylation sites (tertiary alicyclic amines) is 1. The van der Waals surface area contributed by atoms with E-state index in [0.29, 0.717) is 35.5 Å². The van der Waals surface area contributed by atoms with Crippen molar-refractivity contribution in [2.24, 2.45) is 5.92 Å². The summed E-state index contributed by atoms with van der Waals surface area (Å²) in [7, 11) is 1.45. The highest BCUT2D eigenvalue weighted by Gasteiger charge is 2.23. The second kappa shape index (κ2) is 13.0. The highest BCUT2D eigenvalue weighted by atomic mass is 79.9. The molecule has 1 aromatic carbocycles. The summed E-state index contributed by atoms with van der Waals surface area (Å²) in [5.74, 6) is 1.85. The Balaban J connectivity index is 0.00000324. The van der Waals surface area contributed by atoms with Crippen molar-refractivity contribution in [3.05, 3.63) is 24.0 Å². The summed E-state index contributed by atoms with van der Waals surface area (Å²) in [4.78, 5) is 16.2. The van der Waals surface area contributed by atoms with Crippen molar-refractivity contribution in [2.75, 3.05) is 49.2 Å². The number of nitrogens with zero attached hydrogens (tertiary/aromatic N) is 4. The lowest BCUT2D eigenvalue weighted by Crippen LogP contribution is -2.35. The molecule has 2 heterocycles. The van der Waals surface area contributed by atoms with Gasteiger partial charge in [0.05, 0.1) is 7.11 Å². The van der Waals surface area contributed by atoms with Gasteiger partial charge in [0.25, 0.3) is 0 Å². The van der Waals surface area contributed by atoms with Crippen LogP contribution in [0.5, 0.6) is 5.75 Å². The second-order valence-electron chi connectivity index (χ2n) is 8.97. The van der Waals surface area contributed by atoms with Gasteiger partial charge in [-0.05, 0) is 56.8 Å². The number of halogens is 2. The normalized spacial score (nSPS) is 18.9. The molecule has 188 valence electrons. The van der Waals surface area contributed by atoms with E-state index in [9.17, 15) is 4.39 Å². The van der Waals surface area contributed by atoms with Crippen LogP contribution in [-0.2, 0) is 0 Å². The Labute approximate surface area is 212 Å². The predicted octanol–water partition coefficient (Wildman–Crippen LogP) is 5.23. The van der Waals surface area contributed by atoms with Gasteiger partial charge < -0.3 is 20.7 Å². The summed E-state index contributed by atoms with van der Waals surface area (Å²) in [5.41, 5.74) is 0.552. The number of rotatable bonds is 10. The maximum atomic E-state index is 14.2. The molecule has 1 aliphatic carbocycles. The van der Waals surface area contributed by atoms with Crippen molar-refractivity contribution in [2.45, 2.75) is 57.9 Å². The third-order valence-electron chi connectivity index (χ3n) is 6.72. The minimum absolute atomic E-state index is 0. The molecule has 10 heteroatoms. The molecule has 0 amide bonds. The van der Waals surface area contributed by atoms with Crippen LogP contribution in [0.4, 0.5) is 27.9 Å². The number of aromatic nitrogens is 3. The van der Waals surface area contributed by atoms with Gasteiger partial charge in [-0.2, -0.15) is 15.0 Å². The van der Waals surface area contributed by atoms with E-state index in [2.05, 4.69) is 42.7 Å². The quantitative estimate of drug-likeness (QED) is 0.379. The molecule has 8 nitrogen and oxygen atoms in total. The molecule has 2 aromatic rings. The fourth-order valence-electron chi connectivity index (χ4n) is 4.84. The largest absolute Gasteiger partial charge is 0.494 e. The lowest BCUT2D eigenvalue weighted by molar-refractivity contribution is 0.277. The first kappa shape index (κ1) is 26.4. The Bertz CT molecular complexity index is 913. The van der Waals surface area contributed by atoms with E-state index in [4.69, 9.17) is 4.74 Å². The molecule has 1 saturated carbocycles. The Morgan fingerprint density at radius 3 is 2.35 bits per heavy atom. The van der Waals surface area contributed by atoms with Gasteiger partial charge in [-0.15, -0.1) is 17.0 Å². The Morgan fingerprint density at radius 2 is 1.68 bits per heavy atom. The monoisotopic (exact) mass is 537 g/mol. The van der Waals surface area contributed by atoms with Crippen molar-refractivity contribution in [3.63, 3.8) is 0 Å². The zero-order valence-electron chi connectivity index (χ0n) is 20.1. The first-order valence-electron chi connectivity index (χ1n) is 12.2. The number of ether oxygens (including phenoxy) is 1. The minimum atomic E-state index is -0.438. The molecule has 1 aromatic heterocycles. The number of hydrogen-bond donors (Lipinski definition) is 3. The van der Waals surface area contributed by atoms with Crippen LogP contribution in [-0.4, -0.2) is 59.2 Å². The lowest BCUT2D eigenvalue weighted by atomic mass is 9.89. The highest BCUT2D eigenvalue weighted by Crippen LogP contribution is 2.25. The number of likely N-dealkylation sites (N-methyl/N-ethyl adjacent to an activating group) is 1. The molecular formula is C24H37BrFN7O. The second-order valence-corrected chi connectivity index (χ2v) is 8.97. The molecule has 1 aliphatic heterocycles. The van der Waals surface area contributed by atoms with Crippen LogP contribution in [0.3, 0.4) is 0 Å². The van der Waals surface area contributed by atoms with E-state index >= 15 is 0 Å². The van der Waals surface area contributed by atoms with Crippen LogP contribution >= 0.6 is 17.0 Å². The van der Waals surface area contributed by atoms with Gasteiger partial charge in [0, 0.05) is 30.9 Å². The first-order chi connectivity index (χ1) is 16.1. The van der Waals surface area contributed by atoms with Crippen molar-refractivity contribution in [1.29, 1.82) is 0 Å². The zero-order valence-corrected chi connectivity index (χ0v) is 21.9. The summed E-state index contributed by atoms with van der Waals surface area (Å²) in [6.07, 6.45) is 8.81. The summed E-state index contributed by atoms with van der Waals surface area (Å²) >= 11 is 0. The number of hydrogen-bond acceptors (Lipinski definition) is 8. The highest BCUT2D eigenvalue weighted by molar-refractivity contribution is 8.93. The van der Waals surface area contributed by atoms with Crippen LogP contribution in [0.1, 0.15) is 51.9 Å². The summed E-state index contributed by atoms with van der Waals surface area (Å²) in [6.45, 7) is 6.03. The van der Waals surface area contributed by atoms with Crippen LogP contribution in [0.25, 0.3) is 0 Å². The van der Waals surface area contributed by atoms with Gasteiger partial charge in [0.15, 0.2) is 11.6 Å². The fourth-order valence-corrected chi connectivity index (χ4v) is 4.84. The molecule has 2 aliphatic rings. The van der Waals surface area contributed by atoms with Crippen molar-refractivity contribution >= 4 is 40.5 Å². The molecule has 0 bridgehead atoms. The third-order valence-corrected chi connectivity index (χ3v) is 6.72. The smallest absolute Gasteiger partial charge is 0.233 e. The topological polar surface area (TPSA) is 87.2 Å². The van der Waals surface area contributed by atoms with E-state index in [0.717, 1.165) is 26.2 Å².